The van der Waals surface area contributed by atoms with Crippen molar-refractivity contribution in [3.8, 4) is 0 Å². The highest BCUT2D eigenvalue weighted by Gasteiger charge is 2.22. The van der Waals surface area contributed by atoms with E-state index in [1.54, 1.807) is 0 Å². The molecular weight excluding hydrogens is 226 g/mol. The molecule has 18 heavy (non-hydrogen) atoms. The number of Topliss-reactive ketones (excluding diaryl/α,β-unsaturated/α-hetero) is 1. The molecule has 98 valence electrons. The number of fused-ring (bicyclic) bond motifs is 1. The van der Waals surface area contributed by atoms with Gasteiger partial charge in [-0.1, -0.05) is 31.2 Å². The van der Waals surface area contributed by atoms with Crippen LogP contribution >= 0.6 is 0 Å². The van der Waals surface area contributed by atoms with Gasteiger partial charge < -0.3 is 10.1 Å². The lowest BCUT2D eigenvalue weighted by Crippen LogP contribution is -2.26. The topological polar surface area (TPSA) is 38.3 Å². The van der Waals surface area contributed by atoms with Gasteiger partial charge in [0.2, 0.25) is 0 Å². The van der Waals surface area contributed by atoms with Crippen molar-refractivity contribution < 1.29 is 9.53 Å². The van der Waals surface area contributed by atoms with Crippen molar-refractivity contribution in [2.75, 3.05) is 19.7 Å². The molecular formula is C15H21NO2. The van der Waals surface area contributed by atoms with Crippen LogP contribution in [0.25, 0.3) is 0 Å². The number of ketones is 1. The Kier molecular flexibility index (Phi) is 4.90. The molecule has 0 aromatic heterocycles. The van der Waals surface area contributed by atoms with Crippen LogP contribution in [0.15, 0.2) is 24.3 Å². The van der Waals surface area contributed by atoms with Gasteiger partial charge in [-0.05, 0) is 30.5 Å². The standard InChI is InChI=1S/C15H21NO2/c1-2-8-16-11-13(17)10-15-14-6-4-3-5-12(14)7-9-18-15/h3-6,15-16H,2,7-11H2,1H3. The van der Waals surface area contributed by atoms with Gasteiger partial charge in [0.15, 0.2) is 0 Å². The first kappa shape index (κ1) is 13.2. The highest BCUT2D eigenvalue weighted by molar-refractivity contribution is 5.81. The summed E-state index contributed by atoms with van der Waals surface area (Å²) >= 11 is 0. The molecule has 1 aromatic rings. The van der Waals surface area contributed by atoms with E-state index in [2.05, 4.69) is 24.4 Å². The third-order valence-electron chi connectivity index (χ3n) is 3.25. The molecule has 1 aromatic carbocycles. The first-order valence-electron chi connectivity index (χ1n) is 6.73. The summed E-state index contributed by atoms with van der Waals surface area (Å²) in [6, 6.07) is 8.27. The van der Waals surface area contributed by atoms with Crippen molar-refractivity contribution in [3.05, 3.63) is 35.4 Å². The van der Waals surface area contributed by atoms with Gasteiger partial charge in [0.05, 0.1) is 19.3 Å². The van der Waals surface area contributed by atoms with Crippen molar-refractivity contribution in [2.45, 2.75) is 32.3 Å². The predicted molar refractivity (Wildman–Crippen MR) is 71.6 cm³/mol. The van der Waals surface area contributed by atoms with Gasteiger partial charge in [0.25, 0.3) is 0 Å². The minimum atomic E-state index is -0.0501. The van der Waals surface area contributed by atoms with Crippen LogP contribution < -0.4 is 5.32 Å². The molecule has 0 saturated carbocycles. The van der Waals surface area contributed by atoms with E-state index >= 15 is 0 Å². The van der Waals surface area contributed by atoms with E-state index < -0.39 is 0 Å². The van der Waals surface area contributed by atoms with Gasteiger partial charge in [0.1, 0.15) is 5.78 Å². The zero-order valence-corrected chi connectivity index (χ0v) is 10.9. The van der Waals surface area contributed by atoms with E-state index in [0.717, 1.165) is 26.0 Å². The molecule has 0 fully saturated rings. The Morgan fingerprint density at radius 1 is 1.44 bits per heavy atom. The third-order valence-corrected chi connectivity index (χ3v) is 3.25. The van der Waals surface area contributed by atoms with Crippen LogP contribution in [0.1, 0.15) is 37.0 Å². The molecule has 1 N–H and O–H groups in total. The van der Waals surface area contributed by atoms with Crippen LogP contribution in [0.5, 0.6) is 0 Å². The number of carbonyl (C=O) groups is 1. The number of rotatable bonds is 6. The molecule has 0 radical (unpaired) electrons. The zero-order chi connectivity index (χ0) is 12.8. The highest BCUT2D eigenvalue weighted by atomic mass is 16.5. The highest BCUT2D eigenvalue weighted by Crippen LogP contribution is 2.29. The van der Waals surface area contributed by atoms with Gasteiger partial charge in [0, 0.05) is 6.42 Å². The minimum Gasteiger partial charge on any atom is -0.373 e. The van der Waals surface area contributed by atoms with E-state index in [-0.39, 0.29) is 11.9 Å². The number of hydrogen-bond acceptors (Lipinski definition) is 3. The fourth-order valence-electron chi connectivity index (χ4n) is 2.33. The Hall–Kier alpha value is -1.19. The number of ether oxygens (including phenoxy) is 1. The van der Waals surface area contributed by atoms with Crippen LogP contribution in [-0.4, -0.2) is 25.5 Å². The molecule has 1 aliphatic heterocycles. The van der Waals surface area contributed by atoms with Gasteiger partial charge >= 0.3 is 0 Å². The van der Waals surface area contributed by atoms with Crippen molar-refractivity contribution in [2.24, 2.45) is 0 Å². The Balaban J connectivity index is 1.92. The lowest BCUT2D eigenvalue weighted by atomic mass is 9.94. The summed E-state index contributed by atoms with van der Waals surface area (Å²) in [7, 11) is 0. The molecule has 3 heteroatoms. The molecule has 3 nitrogen and oxygen atoms in total. The van der Waals surface area contributed by atoms with Gasteiger partial charge in [-0.3, -0.25) is 4.79 Å². The number of hydrogen-bond donors (Lipinski definition) is 1. The summed E-state index contributed by atoms with van der Waals surface area (Å²) in [5.74, 6) is 0.227. The molecule has 1 heterocycles. The predicted octanol–water partition coefficient (Wildman–Crippen LogP) is 2.26. The molecule has 1 atom stereocenters. The smallest absolute Gasteiger partial charge is 0.149 e. The van der Waals surface area contributed by atoms with Crippen LogP contribution in [-0.2, 0) is 16.0 Å². The van der Waals surface area contributed by atoms with Gasteiger partial charge in [-0.15, -0.1) is 0 Å². The lowest BCUT2D eigenvalue weighted by Gasteiger charge is -2.25. The summed E-state index contributed by atoms with van der Waals surface area (Å²) in [5, 5.41) is 3.14. The molecule has 1 unspecified atom stereocenters. The zero-order valence-electron chi connectivity index (χ0n) is 10.9. The summed E-state index contributed by atoms with van der Waals surface area (Å²) in [6.45, 7) is 4.17. The Bertz CT molecular complexity index is 403. The van der Waals surface area contributed by atoms with E-state index in [1.165, 1.54) is 11.1 Å². The first-order chi connectivity index (χ1) is 8.81. The molecule has 2 rings (SSSR count). The van der Waals surface area contributed by atoms with Crippen molar-refractivity contribution in [1.82, 2.24) is 5.32 Å². The quantitative estimate of drug-likeness (QED) is 0.784. The minimum absolute atomic E-state index is 0.0501. The van der Waals surface area contributed by atoms with E-state index in [1.807, 2.05) is 12.1 Å². The summed E-state index contributed by atoms with van der Waals surface area (Å²) in [4.78, 5) is 11.9. The Labute approximate surface area is 109 Å². The summed E-state index contributed by atoms with van der Waals surface area (Å²) < 4.78 is 5.73. The fourth-order valence-corrected chi connectivity index (χ4v) is 2.33. The molecule has 0 saturated heterocycles. The first-order valence-corrected chi connectivity index (χ1v) is 6.73. The number of nitrogens with one attached hydrogen (secondary N) is 1. The largest absolute Gasteiger partial charge is 0.373 e. The van der Waals surface area contributed by atoms with E-state index in [0.29, 0.717) is 13.0 Å². The van der Waals surface area contributed by atoms with E-state index in [4.69, 9.17) is 4.74 Å². The van der Waals surface area contributed by atoms with Crippen molar-refractivity contribution in [3.63, 3.8) is 0 Å². The Morgan fingerprint density at radius 3 is 3.11 bits per heavy atom. The third kappa shape index (κ3) is 3.40. The van der Waals surface area contributed by atoms with Crippen molar-refractivity contribution >= 4 is 5.78 Å². The second-order valence-electron chi connectivity index (χ2n) is 4.73. The lowest BCUT2D eigenvalue weighted by molar-refractivity contribution is -0.121. The maximum atomic E-state index is 11.9. The average Bonchev–Trinajstić information content (AvgIpc) is 2.39. The van der Waals surface area contributed by atoms with Crippen LogP contribution in [0, 0.1) is 0 Å². The maximum Gasteiger partial charge on any atom is 0.149 e. The SMILES string of the molecule is CCCNCC(=O)CC1OCCc2ccccc21. The summed E-state index contributed by atoms with van der Waals surface area (Å²) in [5.41, 5.74) is 2.51. The number of benzene rings is 1. The van der Waals surface area contributed by atoms with Crippen LogP contribution in [0.2, 0.25) is 0 Å². The van der Waals surface area contributed by atoms with Gasteiger partial charge in [-0.2, -0.15) is 0 Å². The average molecular weight is 247 g/mol. The second-order valence-corrected chi connectivity index (χ2v) is 4.73. The van der Waals surface area contributed by atoms with E-state index in [9.17, 15) is 4.79 Å². The molecule has 1 aliphatic rings. The fraction of sp³-hybridized carbons (Fsp3) is 0.533. The monoisotopic (exact) mass is 247 g/mol. The van der Waals surface area contributed by atoms with Crippen LogP contribution in [0.4, 0.5) is 0 Å². The van der Waals surface area contributed by atoms with Crippen molar-refractivity contribution in [1.29, 1.82) is 0 Å². The summed E-state index contributed by atoms with van der Waals surface area (Å²) in [6.07, 6.45) is 2.43. The second kappa shape index (κ2) is 6.66. The molecule has 0 bridgehead atoms. The Morgan fingerprint density at radius 2 is 2.28 bits per heavy atom. The molecule has 0 spiro atoms. The van der Waals surface area contributed by atoms with Gasteiger partial charge in [-0.25, -0.2) is 0 Å². The molecule has 0 amide bonds. The normalized spacial score (nSPS) is 18.4. The maximum absolute atomic E-state index is 11.9. The molecule has 0 aliphatic carbocycles. The number of carbonyl (C=O) groups excluding carboxylic acids is 1. The van der Waals surface area contributed by atoms with Crippen LogP contribution in [0.3, 0.4) is 0 Å².